The lowest BCUT2D eigenvalue weighted by Gasteiger charge is -2.26. The molecule has 5 heteroatoms. The molecule has 2 atom stereocenters. The van der Waals surface area contributed by atoms with E-state index in [1.807, 2.05) is 31.2 Å². The van der Waals surface area contributed by atoms with Crippen molar-refractivity contribution in [1.29, 1.82) is 0 Å². The molecule has 0 saturated carbocycles. The maximum Gasteiger partial charge on any atom is 0.318 e. The van der Waals surface area contributed by atoms with Crippen LogP contribution in [0.15, 0.2) is 48.5 Å². The quantitative estimate of drug-likeness (QED) is 0.837. The summed E-state index contributed by atoms with van der Waals surface area (Å²) in [6.45, 7) is 2.99. The zero-order valence-electron chi connectivity index (χ0n) is 14.6. The largest absolute Gasteiger partial charge is 0.493 e. The van der Waals surface area contributed by atoms with E-state index in [-0.39, 0.29) is 30.4 Å². The third kappa shape index (κ3) is 3.97. The van der Waals surface area contributed by atoms with Crippen molar-refractivity contribution in [2.75, 3.05) is 13.2 Å². The molecular weight excluding hydrogens is 331 g/mol. The number of para-hydroxylation sites is 1. The fourth-order valence-corrected chi connectivity index (χ4v) is 3.11. The van der Waals surface area contributed by atoms with E-state index in [0.29, 0.717) is 13.2 Å². The van der Waals surface area contributed by atoms with Gasteiger partial charge in [0.15, 0.2) is 0 Å². The SMILES string of the molecule is C#CCN(Cc1ccc(F)cc1)C(=O)N[C@@H](C)[C@@H]1COc2ccccc21. The Morgan fingerprint density at radius 2 is 2.08 bits per heavy atom. The van der Waals surface area contributed by atoms with Gasteiger partial charge in [-0.3, -0.25) is 0 Å². The first-order valence-corrected chi connectivity index (χ1v) is 8.53. The van der Waals surface area contributed by atoms with Crippen molar-refractivity contribution >= 4 is 6.03 Å². The normalized spacial score (nSPS) is 16.1. The van der Waals surface area contributed by atoms with Gasteiger partial charge in [0, 0.05) is 24.1 Å². The molecule has 4 nitrogen and oxygen atoms in total. The van der Waals surface area contributed by atoms with E-state index in [1.165, 1.54) is 17.0 Å². The van der Waals surface area contributed by atoms with Gasteiger partial charge in [0.05, 0.1) is 13.2 Å². The molecule has 3 rings (SSSR count). The zero-order chi connectivity index (χ0) is 18.5. The summed E-state index contributed by atoms with van der Waals surface area (Å²) in [5.41, 5.74) is 1.92. The van der Waals surface area contributed by atoms with Crippen molar-refractivity contribution in [1.82, 2.24) is 10.2 Å². The van der Waals surface area contributed by atoms with Crippen molar-refractivity contribution in [3.8, 4) is 18.1 Å². The molecule has 0 radical (unpaired) electrons. The number of fused-ring (bicyclic) bond motifs is 1. The molecule has 0 unspecified atom stereocenters. The van der Waals surface area contributed by atoms with Crippen molar-refractivity contribution in [3.63, 3.8) is 0 Å². The minimum atomic E-state index is -0.310. The van der Waals surface area contributed by atoms with Crippen molar-refractivity contribution in [2.24, 2.45) is 0 Å². The van der Waals surface area contributed by atoms with Crippen LogP contribution in [0.2, 0.25) is 0 Å². The van der Waals surface area contributed by atoms with Gasteiger partial charge in [-0.25, -0.2) is 9.18 Å². The van der Waals surface area contributed by atoms with Crippen LogP contribution < -0.4 is 10.1 Å². The summed E-state index contributed by atoms with van der Waals surface area (Å²) in [6, 6.07) is 13.5. The number of terminal acetylenes is 1. The van der Waals surface area contributed by atoms with E-state index in [4.69, 9.17) is 11.2 Å². The number of urea groups is 1. The highest BCUT2D eigenvalue weighted by Gasteiger charge is 2.30. The molecule has 2 aromatic rings. The number of rotatable bonds is 5. The van der Waals surface area contributed by atoms with Gasteiger partial charge in [-0.05, 0) is 30.7 Å². The molecule has 1 aliphatic heterocycles. The Kier molecular flexibility index (Phi) is 5.43. The Morgan fingerprint density at radius 3 is 2.81 bits per heavy atom. The number of halogens is 1. The van der Waals surface area contributed by atoms with E-state index in [2.05, 4.69) is 11.2 Å². The number of benzene rings is 2. The average Bonchev–Trinajstić information content (AvgIpc) is 3.07. The number of carbonyl (C=O) groups is 1. The van der Waals surface area contributed by atoms with Crippen LogP contribution in [0.5, 0.6) is 5.75 Å². The van der Waals surface area contributed by atoms with Crippen LogP contribution in [0.3, 0.4) is 0 Å². The van der Waals surface area contributed by atoms with Gasteiger partial charge in [-0.1, -0.05) is 36.3 Å². The van der Waals surface area contributed by atoms with Gasteiger partial charge in [0.25, 0.3) is 0 Å². The molecule has 1 N–H and O–H groups in total. The number of nitrogens with zero attached hydrogens (tertiary/aromatic N) is 1. The van der Waals surface area contributed by atoms with Crippen LogP contribution in [0, 0.1) is 18.2 Å². The van der Waals surface area contributed by atoms with E-state index < -0.39 is 0 Å². The van der Waals surface area contributed by atoms with Gasteiger partial charge in [-0.15, -0.1) is 6.42 Å². The maximum atomic E-state index is 13.1. The van der Waals surface area contributed by atoms with E-state index in [1.54, 1.807) is 12.1 Å². The monoisotopic (exact) mass is 352 g/mol. The molecule has 0 aliphatic carbocycles. The summed E-state index contributed by atoms with van der Waals surface area (Å²) in [4.78, 5) is 14.2. The highest BCUT2D eigenvalue weighted by atomic mass is 19.1. The molecule has 0 bridgehead atoms. The first kappa shape index (κ1) is 17.8. The smallest absolute Gasteiger partial charge is 0.318 e. The van der Waals surface area contributed by atoms with Crippen LogP contribution in [0.4, 0.5) is 9.18 Å². The predicted molar refractivity (Wildman–Crippen MR) is 98.3 cm³/mol. The first-order chi connectivity index (χ1) is 12.6. The summed E-state index contributed by atoms with van der Waals surface area (Å²) >= 11 is 0. The van der Waals surface area contributed by atoms with Crippen LogP contribution in [-0.2, 0) is 6.54 Å². The standard InChI is InChI=1S/C21H21FN2O2/c1-3-12-24(13-16-8-10-17(22)11-9-16)21(25)23-15(2)19-14-26-20-7-5-4-6-18(19)20/h1,4-11,15,19H,12-14H2,2H3,(H,23,25)/t15-,19-/m0/s1. The Hall–Kier alpha value is -3.00. The zero-order valence-corrected chi connectivity index (χ0v) is 14.6. The molecular formula is C21H21FN2O2. The van der Waals surface area contributed by atoms with E-state index in [9.17, 15) is 9.18 Å². The number of hydrogen-bond donors (Lipinski definition) is 1. The Labute approximate surface area is 153 Å². The number of nitrogens with one attached hydrogen (secondary N) is 1. The van der Waals surface area contributed by atoms with Gasteiger partial charge < -0.3 is 15.0 Å². The molecule has 2 aromatic carbocycles. The Balaban J connectivity index is 1.66. The minimum absolute atomic E-state index is 0.0913. The first-order valence-electron chi connectivity index (χ1n) is 8.53. The molecule has 0 aromatic heterocycles. The lowest BCUT2D eigenvalue weighted by atomic mass is 9.94. The van der Waals surface area contributed by atoms with E-state index >= 15 is 0 Å². The van der Waals surface area contributed by atoms with Crippen LogP contribution in [0.25, 0.3) is 0 Å². The highest BCUT2D eigenvalue weighted by molar-refractivity contribution is 5.75. The minimum Gasteiger partial charge on any atom is -0.493 e. The molecule has 1 heterocycles. The number of carbonyl (C=O) groups excluding carboxylic acids is 1. The van der Waals surface area contributed by atoms with Gasteiger partial charge in [0.2, 0.25) is 0 Å². The molecule has 2 amide bonds. The number of hydrogen-bond acceptors (Lipinski definition) is 2. The van der Waals surface area contributed by atoms with Gasteiger partial charge >= 0.3 is 6.03 Å². The number of amides is 2. The maximum absolute atomic E-state index is 13.1. The lowest BCUT2D eigenvalue weighted by Crippen LogP contribution is -2.46. The second kappa shape index (κ2) is 7.92. The lowest BCUT2D eigenvalue weighted by molar-refractivity contribution is 0.195. The predicted octanol–water partition coefficient (Wildman–Crippen LogP) is 3.54. The fraction of sp³-hybridized carbons (Fsp3) is 0.286. The van der Waals surface area contributed by atoms with Gasteiger partial charge in [0.1, 0.15) is 11.6 Å². The third-order valence-corrected chi connectivity index (χ3v) is 4.55. The molecule has 134 valence electrons. The highest BCUT2D eigenvalue weighted by Crippen LogP contribution is 2.35. The summed E-state index contributed by atoms with van der Waals surface area (Å²) < 4.78 is 18.8. The van der Waals surface area contributed by atoms with Crippen molar-refractivity contribution in [3.05, 3.63) is 65.5 Å². The fourth-order valence-electron chi connectivity index (χ4n) is 3.11. The second-order valence-corrected chi connectivity index (χ2v) is 6.38. The van der Waals surface area contributed by atoms with E-state index in [0.717, 1.165) is 16.9 Å². The average molecular weight is 352 g/mol. The Morgan fingerprint density at radius 1 is 1.35 bits per heavy atom. The van der Waals surface area contributed by atoms with Gasteiger partial charge in [-0.2, -0.15) is 0 Å². The number of ether oxygens (including phenoxy) is 1. The second-order valence-electron chi connectivity index (χ2n) is 6.38. The third-order valence-electron chi connectivity index (χ3n) is 4.55. The van der Waals surface area contributed by atoms with Crippen molar-refractivity contribution in [2.45, 2.75) is 25.4 Å². The molecule has 26 heavy (non-hydrogen) atoms. The molecule has 0 saturated heterocycles. The molecule has 0 fully saturated rings. The van der Waals surface area contributed by atoms with Crippen LogP contribution in [0.1, 0.15) is 24.0 Å². The summed E-state index contributed by atoms with van der Waals surface area (Å²) in [7, 11) is 0. The Bertz CT molecular complexity index is 814. The van der Waals surface area contributed by atoms with Crippen molar-refractivity contribution < 1.29 is 13.9 Å². The molecule has 0 spiro atoms. The van der Waals surface area contributed by atoms with Crippen LogP contribution >= 0.6 is 0 Å². The summed E-state index contributed by atoms with van der Waals surface area (Å²) in [6.07, 6.45) is 5.41. The molecule has 1 aliphatic rings. The topological polar surface area (TPSA) is 41.6 Å². The summed E-state index contributed by atoms with van der Waals surface area (Å²) in [5, 5.41) is 3.02. The summed E-state index contributed by atoms with van der Waals surface area (Å²) in [5.74, 6) is 3.15. The van der Waals surface area contributed by atoms with Crippen LogP contribution in [-0.4, -0.2) is 30.1 Å².